The predicted octanol–water partition coefficient (Wildman–Crippen LogP) is 14.9. The smallest absolute Gasteiger partial charge is 0.333 e. The van der Waals surface area contributed by atoms with Gasteiger partial charge in [0, 0.05) is 23.1 Å². The summed E-state index contributed by atoms with van der Waals surface area (Å²) >= 11 is 0. The minimum atomic E-state index is -0.115. The van der Waals surface area contributed by atoms with E-state index in [2.05, 4.69) is 212 Å². The Balaban J connectivity index is 0.00000499. The Kier molecular flexibility index (Phi) is 10.6. The first-order valence-corrected chi connectivity index (χ1v) is 20.7. The van der Waals surface area contributed by atoms with Crippen LogP contribution in [-0.4, -0.2) is 14.5 Å². The summed E-state index contributed by atoms with van der Waals surface area (Å²) in [6.07, 6.45) is 1.90. The molecule has 2 heterocycles. The van der Waals surface area contributed by atoms with Gasteiger partial charge >= 0.3 is 21.1 Å². The van der Waals surface area contributed by atoms with Gasteiger partial charge in [-0.15, -0.1) is 58.5 Å². The first kappa shape index (κ1) is 41.1. The van der Waals surface area contributed by atoms with Gasteiger partial charge in [-0.05, 0) is 73.5 Å². The molecule has 0 aliphatic carbocycles. The minimum absolute atomic E-state index is 0. The van der Waals surface area contributed by atoms with Crippen LogP contribution >= 0.6 is 0 Å². The molecular weight excluding hydrogens is 910 g/mol. The molecule has 0 N–H and O–H groups in total. The van der Waals surface area contributed by atoms with Gasteiger partial charge in [-0.3, -0.25) is 9.97 Å². The Hall–Kier alpha value is -5.63. The van der Waals surface area contributed by atoms with Crippen molar-refractivity contribution >= 4 is 32.6 Å². The van der Waals surface area contributed by atoms with Crippen molar-refractivity contribution in [2.24, 2.45) is 0 Å². The molecule has 0 fully saturated rings. The third-order valence-corrected chi connectivity index (χ3v) is 11.6. The van der Waals surface area contributed by atoms with Crippen molar-refractivity contribution in [2.75, 3.05) is 0 Å². The zero-order valence-electron chi connectivity index (χ0n) is 36.0. The number of imidazole rings is 1. The molecule has 9 aromatic rings. The third kappa shape index (κ3) is 7.65. The summed E-state index contributed by atoms with van der Waals surface area (Å²) in [5.41, 5.74) is 14.0. The second-order valence-electron chi connectivity index (χ2n) is 19.0. The van der Waals surface area contributed by atoms with Crippen LogP contribution in [0, 0.1) is 12.1 Å². The third-order valence-electron chi connectivity index (χ3n) is 11.6. The molecule has 0 spiro atoms. The molecule has 0 unspecified atom stereocenters. The largest absolute Gasteiger partial charge is 2.00 e. The van der Waals surface area contributed by atoms with Crippen LogP contribution in [0.5, 0.6) is 0 Å². The Labute approximate surface area is 369 Å². The average molecular weight is 961 g/mol. The molecular formula is C56H51N3Pt. The zero-order valence-corrected chi connectivity index (χ0v) is 38.3. The Morgan fingerprint density at radius 2 is 1.17 bits per heavy atom. The van der Waals surface area contributed by atoms with Gasteiger partial charge in [0.25, 0.3) is 0 Å². The Bertz CT molecular complexity index is 3000. The number of aromatic nitrogens is 3. The van der Waals surface area contributed by atoms with Crippen LogP contribution in [0.15, 0.2) is 146 Å². The van der Waals surface area contributed by atoms with Gasteiger partial charge in [0.1, 0.15) is 0 Å². The van der Waals surface area contributed by atoms with Gasteiger partial charge in [-0.25, -0.2) is 0 Å². The molecule has 0 radical (unpaired) electrons. The summed E-state index contributed by atoms with van der Waals surface area (Å²) in [5.74, 6) is 0.871. The quantitative estimate of drug-likeness (QED) is 0.127. The summed E-state index contributed by atoms with van der Waals surface area (Å²) < 4.78 is 2.39. The molecule has 3 nitrogen and oxygen atoms in total. The molecule has 9 rings (SSSR count). The van der Waals surface area contributed by atoms with E-state index in [9.17, 15) is 0 Å². The molecule has 0 bridgehead atoms. The van der Waals surface area contributed by atoms with Crippen LogP contribution in [0.1, 0.15) is 79.0 Å². The normalized spacial score (nSPS) is 12.3. The van der Waals surface area contributed by atoms with Gasteiger partial charge in [-0.2, -0.15) is 0 Å². The van der Waals surface area contributed by atoms with Crippen LogP contribution in [0.4, 0.5) is 0 Å². The van der Waals surface area contributed by atoms with Gasteiger partial charge in [-0.1, -0.05) is 164 Å². The second kappa shape index (κ2) is 15.4. The fourth-order valence-corrected chi connectivity index (χ4v) is 8.13. The number of pyridine rings is 1. The molecule has 0 saturated heterocycles. The second-order valence-corrected chi connectivity index (χ2v) is 19.0. The molecule has 0 amide bonds. The van der Waals surface area contributed by atoms with E-state index in [-0.39, 0.29) is 37.3 Å². The van der Waals surface area contributed by atoms with E-state index in [1.165, 1.54) is 22.3 Å². The van der Waals surface area contributed by atoms with E-state index in [1.54, 1.807) is 0 Å². The number of benzene rings is 7. The summed E-state index contributed by atoms with van der Waals surface area (Å²) in [6, 6.07) is 58.1. The van der Waals surface area contributed by atoms with Gasteiger partial charge < -0.3 is 4.57 Å². The maximum atomic E-state index is 5.74. The molecule has 300 valence electrons. The monoisotopic (exact) mass is 960 g/mol. The Morgan fingerprint density at radius 3 is 1.85 bits per heavy atom. The minimum Gasteiger partial charge on any atom is -0.333 e. The predicted molar refractivity (Wildman–Crippen MR) is 249 cm³/mol. The molecule has 0 aliphatic rings. The molecule has 0 saturated carbocycles. The average Bonchev–Trinajstić information content (AvgIpc) is 3.62. The summed E-state index contributed by atoms with van der Waals surface area (Å²) in [5, 5.41) is 4.34. The summed E-state index contributed by atoms with van der Waals surface area (Å²) in [7, 11) is 0. The van der Waals surface area contributed by atoms with E-state index in [0.717, 1.165) is 77.6 Å². The van der Waals surface area contributed by atoms with Crippen LogP contribution in [-0.2, 0) is 37.3 Å². The molecule has 0 aliphatic heterocycles. The summed E-state index contributed by atoms with van der Waals surface area (Å²) in [6.45, 7) is 20.5. The maximum Gasteiger partial charge on any atom is 2.00 e. The number of hydrogen-bond donors (Lipinski definition) is 0. The van der Waals surface area contributed by atoms with Crippen LogP contribution in [0.3, 0.4) is 0 Å². The number of hydrogen-bond acceptors (Lipinski definition) is 2. The van der Waals surface area contributed by atoms with Crippen molar-refractivity contribution in [3.63, 3.8) is 0 Å². The fourth-order valence-electron chi connectivity index (χ4n) is 8.13. The van der Waals surface area contributed by atoms with Crippen LogP contribution in [0.25, 0.3) is 83.2 Å². The molecule has 2 aromatic heterocycles. The fraction of sp³-hybridized carbons (Fsp3) is 0.214. The number of rotatable bonds is 5. The van der Waals surface area contributed by atoms with E-state index >= 15 is 0 Å². The van der Waals surface area contributed by atoms with Crippen molar-refractivity contribution in [3.8, 4) is 50.6 Å². The van der Waals surface area contributed by atoms with Crippen molar-refractivity contribution in [1.82, 2.24) is 14.5 Å². The number of fused-ring (bicyclic) bond motifs is 5. The van der Waals surface area contributed by atoms with E-state index in [0.29, 0.717) is 0 Å². The molecule has 0 atom stereocenters. The standard InChI is InChI=1S/C56H51N3.Pt/c1-54(2,3)43-25-27-49(46(35-43)37-18-14-11-15-19-37)59-50-26-24-39-22-20-38-21-23-41(48-33-40(28-29-57-48)36-16-12-10-13-17-36)32-47(38)51(39)52(50)58-53(59)42-30-44(55(4,5)6)34-45(31-42)56(7,8)9;/h10-30,33-35H,1-9H3;/q-2;+2. The molecule has 60 heavy (non-hydrogen) atoms. The van der Waals surface area contributed by atoms with Gasteiger partial charge in [0.15, 0.2) is 0 Å². The van der Waals surface area contributed by atoms with E-state index < -0.39 is 0 Å². The topological polar surface area (TPSA) is 30.7 Å². The summed E-state index contributed by atoms with van der Waals surface area (Å²) in [4.78, 5) is 10.6. The van der Waals surface area contributed by atoms with Crippen molar-refractivity contribution in [2.45, 2.75) is 78.6 Å². The van der Waals surface area contributed by atoms with Gasteiger partial charge in [0.2, 0.25) is 0 Å². The van der Waals surface area contributed by atoms with Gasteiger partial charge in [0.05, 0.1) is 16.9 Å². The van der Waals surface area contributed by atoms with Crippen molar-refractivity contribution in [3.05, 3.63) is 175 Å². The molecule has 4 heteroatoms. The maximum absolute atomic E-state index is 5.74. The van der Waals surface area contributed by atoms with Crippen molar-refractivity contribution < 1.29 is 21.1 Å². The SMILES string of the molecule is CC(C)(C)c1[c-]c(-c2nc3c4c(ccc5ccc(-c6cc(-c7ccccc7)ccn6)[c-]c54)ccc3n2-c2ccc(C(C)(C)C)cc2-c2ccccc2)cc(C(C)(C)C)c1.[Pt+2]. The number of nitrogens with zero attached hydrogens (tertiary/aromatic N) is 3. The Morgan fingerprint density at radius 1 is 0.517 bits per heavy atom. The van der Waals surface area contributed by atoms with Crippen molar-refractivity contribution in [1.29, 1.82) is 0 Å². The van der Waals surface area contributed by atoms with E-state index in [1.807, 2.05) is 12.3 Å². The van der Waals surface area contributed by atoms with Crippen LogP contribution < -0.4 is 0 Å². The van der Waals surface area contributed by atoms with Crippen LogP contribution in [0.2, 0.25) is 0 Å². The first-order chi connectivity index (χ1) is 28.1. The zero-order chi connectivity index (χ0) is 41.3. The first-order valence-electron chi connectivity index (χ1n) is 20.7. The molecule has 7 aromatic carbocycles. The van der Waals surface area contributed by atoms with E-state index in [4.69, 9.17) is 9.97 Å².